The first-order valence-electron chi connectivity index (χ1n) is 11.7. The van der Waals surface area contributed by atoms with Gasteiger partial charge >= 0.3 is 0 Å². The number of amides is 2. The van der Waals surface area contributed by atoms with Crippen LogP contribution in [-0.4, -0.2) is 116 Å². The van der Waals surface area contributed by atoms with Crippen molar-refractivity contribution in [2.24, 2.45) is 0 Å². The number of para-hydroxylation sites is 1. The minimum atomic E-state index is -0.214. The van der Waals surface area contributed by atoms with Crippen molar-refractivity contribution < 1.29 is 14.3 Å². The summed E-state index contributed by atoms with van der Waals surface area (Å²) in [5, 5.41) is 3.00. The zero-order valence-electron chi connectivity index (χ0n) is 19.9. The van der Waals surface area contributed by atoms with Gasteiger partial charge in [0.05, 0.1) is 13.1 Å². The highest BCUT2D eigenvalue weighted by Crippen LogP contribution is 2.09. The first-order valence-corrected chi connectivity index (χ1v) is 11.7. The smallest absolute Gasteiger partial charge is 0.236 e. The van der Waals surface area contributed by atoms with Crippen LogP contribution in [0.2, 0.25) is 0 Å². The van der Waals surface area contributed by atoms with Gasteiger partial charge in [-0.15, -0.1) is 0 Å². The average Bonchev–Trinajstić information content (AvgIpc) is 2.75. The molecule has 2 saturated heterocycles. The highest BCUT2D eigenvalue weighted by atomic mass is 16.5. The summed E-state index contributed by atoms with van der Waals surface area (Å²) in [5.74, 6) is 1.15. The number of benzene rings is 1. The fraction of sp³-hybridized carbons (Fsp3) is 0.667. The van der Waals surface area contributed by atoms with Crippen molar-refractivity contribution in [2.75, 3.05) is 78.6 Å². The van der Waals surface area contributed by atoms with Crippen molar-refractivity contribution in [3.63, 3.8) is 0 Å². The van der Waals surface area contributed by atoms with Gasteiger partial charge in [0.15, 0.2) is 0 Å². The molecule has 2 fully saturated rings. The van der Waals surface area contributed by atoms with Gasteiger partial charge in [-0.05, 0) is 32.9 Å². The molecule has 3 rings (SSSR count). The van der Waals surface area contributed by atoms with E-state index in [-0.39, 0.29) is 17.4 Å². The molecule has 0 bridgehead atoms. The van der Waals surface area contributed by atoms with Gasteiger partial charge in [0.25, 0.3) is 0 Å². The standard InChI is InChI=1S/C24H39N5O3/c1-24(2,3)25-22(30)19-27-13-15-29(16-14-27)23(31)20-28-11-9-26(10-12-28)17-18-32-21-7-5-4-6-8-21/h4-8H,9-20H2,1-3H3,(H,25,30). The summed E-state index contributed by atoms with van der Waals surface area (Å²) < 4.78 is 5.79. The molecule has 8 nitrogen and oxygen atoms in total. The van der Waals surface area contributed by atoms with E-state index in [2.05, 4.69) is 20.0 Å². The molecule has 1 N–H and O–H groups in total. The minimum Gasteiger partial charge on any atom is -0.492 e. The molecular weight excluding hydrogens is 406 g/mol. The van der Waals surface area contributed by atoms with E-state index in [0.717, 1.165) is 51.6 Å². The van der Waals surface area contributed by atoms with Gasteiger partial charge in [-0.3, -0.25) is 24.3 Å². The van der Waals surface area contributed by atoms with E-state index in [4.69, 9.17) is 4.74 Å². The van der Waals surface area contributed by atoms with Gasteiger partial charge in [0.1, 0.15) is 12.4 Å². The SMILES string of the molecule is CC(C)(C)NC(=O)CN1CCN(C(=O)CN2CCN(CCOc3ccccc3)CC2)CC1. The first-order chi connectivity index (χ1) is 15.3. The van der Waals surface area contributed by atoms with Crippen molar-refractivity contribution in [3.8, 4) is 5.75 Å². The molecule has 1 aromatic carbocycles. The molecule has 0 atom stereocenters. The van der Waals surface area contributed by atoms with Crippen LogP contribution in [-0.2, 0) is 9.59 Å². The van der Waals surface area contributed by atoms with E-state index < -0.39 is 0 Å². The maximum atomic E-state index is 12.7. The number of nitrogens with one attached hydrogen (secondary N) is 1. The van der Waals surface area contributed by atoms with Gasteiger partial charge in [0, 0.05) is 64.4 Å². The third kappa shape index (κ3) is 8.41. The molecule has 0 unspecified atom stereocenters. The Morgan fingerprint density at radius 2 is 1.41 bits per heavy atom. The summed E-state index contributed by atoms with van der Waals surface area (Å²) in [4.78, 5) is 33.6. The van der Waals surface area contributed by atoms with Crippen LogP contribution in [0.15, 0.2) is 30.3 Å². The van der Waals surface area contributed by atoms with Crippen LogP contribution in [0.1, 0.15) is 20.8 Å². The Morgan fingerprint density at radius 3 is 2.03 bits per heavy atom. The highest BCUT2D eigenvalue weighted by molar-refractivity contribution is 5.79. The van der Waals surface area contributed by atoms with Gasteiger partial charge in [0.2, 0.25) is 11.8 Å². The monoisotopic (exact) mass is 445 g/mol. The minimum absolute atomic E-state index is 0.0457. The predicted octanol–water partition coefficient (Wildman–Crippen LogP) is 0.742. The number of nitrogens with zero attached hydrogens (tertiary/aromatic N) is 4. The van der Waals surface area contributed by atoms with Crippen molar-refractivity contribution in [2.45, 2.75) is 26.3 Å². The summed E-state index contributed by atoms with van der Waals surface area (Å²) >= 11 is 0. The Labute approximate surface area is 192 Å². The van der Waals surface area contributed by atoms with Crippen molar-refractivity contribution in [1.82, 2.24) is 24.9 Å². The second-order valence-corrected chi connectivity index (χ2v) is 9.73. The zero-order valence-corrected chi connectivity index (χ0v) is 19.9. The number of carbonyl (C=O) groups excluding carboxylic acids is 2. The highest BCUT2D eigenvalue weighted by Gasteiger charge is 2.26. The van der Waals surface area contributed by atoms with Gasteiger partial charge in [-0.25, -0.2) is 0 Å². The van der Waals surface area contributed by atoms with Crippen LogP contribution < -0.4 is 10.1 Å². The number of hydrogen-bond donors (Lipinski definition) is 1. The lowest BCUT2D eigenvalue weighted by Crippen LogP contribution is -2.55. The number of ether oxygens (including phenoxy) is 1. The lowest BCUT2D eigenvalue weighted by molar-refractivity contribution is -0.135. The van der Waals surface area contributed by atoms with Crippen LogP contribution >= 0.6 is 0 Å². The normalized spacial score (nSPS) is 19.0. The molecule has 0 aromatic heterocycles. The largest absolute Gasteiger partial charge is 0.492 e. The lowest BCUT2D eigenvalue weighted by Gasteiger charge is -2.38. The Morgan fingerprint density at radius 1 is 0.844 bits per heavy atom. The Balaban J connectivity index is 1.29. The van der Waals surface area contributed by atoms with Crippen molar-refractivity contribution >= 4 is 11.8 Å². The number of hydrogen-bond acceptors (Lipinski definition) is 6. The Kier molecular flexibility index (Phi) is 8.90. The van der Waals surface area contributed by atoms with Gasteiger partial charge < -0.3 is 15.0 Å². The maximum absolute atomic E-state index is 12.7. The summed E-state index contributed by atoms with van der Waals surface area (Å²) in [6.07, 6.45) is 0. The number of piperazine rings is 2. The molecule has 178 valence electrons. The third-order valence-electron chi connectivity index (χ3n) is 5.85. The second-order valence-electron chi connectivity index (χ2n) is 9.73. The first kappa shape index (κ1) is 24.5. The fourth-order valence-electron chi connectivity index (χ4n) is 4.09. The van der Waals surface area contributed by atoms with E-state index in [1.165, 1.54) is 0 Å². The molecule has 1 aromatic rings. The summed E-state index contributed by atoms with van der Waals surface area (Å²) in [7, 11) is 0. The number of carbonyl (C=O) groups is 2. The van der Waals surface area contributed by atoms with E-state index >= 15 is 0 Å². The molecule has 2 aliphatic heterocycles. The van der Waals surface area contributed by atoms with Crippen LogP contribution in [0.4, 0.5) is 0 Å². The maximum Gasteiger partial charge on any atom is 0.236 e. The molecule has 8 heteroatoms. The van der Waals surface area contributed by atoms with Crippen LogP contribution in [0.3, 0.4) is 0 Å². The lowest BCUT2D eigenvalue weighted by atomic mass is 10.1. The molecule has 0 radical (unpaired) electrons. The van der Waals surface area contributed by atoms with Gasteiger partial charge in [-0.2, -0.15) is 0 Å². The van der Waals surface area contributed by atoms with Crippen LogP contribution in [0, 0.1) is 0 Å². The van der Waals surface area contributed by atoms with Crippen molar-refractivity contribution in [3.05, 3.63) is 30.3 Å². The van der Waals surface area contributed by atoms with E-state index in [0.29, 0.717) is 32.8 Å². The third-order valence-corrected chi connectivity index (χ3v) is 5.85. The Hall–Kier alpha value is -2.16. The van der Waals surface area contributed by atoms with E-state index in [9.17, 15) is 9.59 Å². The second kappa shape index (κ2) is 11.6. The summed E-state index contributed by atoms with van der Waals surface area (Å²) in [6.45, 7) is 15.0. The van der Waals surface area contributed by atoms with E-state index in [1.807, 2.05) is 56.0 Å². The molecule has 0 saturated carbocycles. The molecule has 0 spiro atoms. The van der Waals surface area contributed by atoms with Crippen molar-refractivity contribution in [1.29, 1.82) is 0 Å². The predicted molar refractivity (Wildman–Crippen MR) is 126 cm³/mol. The molecule has 2 aliphatic rings. The topological polar surface area (TPSA) is 68.4 Å². The van der Waals surface area contributed by atoms with Crippen LogP contribution in [0.5, 0.6) is 5.75 Å². The molecule has 2 amide bonds. The number of rotatable bonds is 8. The van der Waals surface area contributed by atoms with Crippen LogP contribution in [0.25, 0.3) is 0 Å². The average molecular weight is 446 g/mol. The fourth-order valence-corrected chi connectivity index (χ4v) is 4.09. The summed E-state index contributed by atoms with van der Waals surface area (Å²) in [5.41, 5.74) is -0.214. The zero-order chi connectivity index (χ0) is 23.0. The quantitative estimate of drug-likeness (QED) is 0.637. The Bertz CT molecular complexity index is 721. The molecule has 0 aliphatic carbocycles. The molecular formula is C24H39N5O3. The summed E-state index contributed by atoms with van der Waals surface area (Å²) in [6, 6.07) is 9.90. The van der Waals surface area contributed by atoms with Gasteiger partial charge in [-0.1, -0.05) is 18.2 Å². The van der Waals surface area contributed by atoms with E-state index in [1.54, 1.807) is 0 Å². The molecule has 32 heavy (non-hydrogen) atoms. The molecule has 2 heterocycles.